The summed E-state index contributed by atoms with van der Waals surface area (Å²) in [6, 6.07) is 29.1. The molecule has 7 rings (SSSR count). The fourth-order valence-electron chi connectivity index (χ4n) is 6.32. The van der Waals surface area contributed by atoms with Crippen molar-refractivity contribution in [2.45, 2.75) is 72.0 Å². The second-order valence-electron chi connectivity index (χ2n) is 13.2. The molecule has 1 saturated carbocycles. The van der Waals surface area contributed by atoms with Gasteiger partial charge >= 0.3 is 0 Å². The van der Waals surface area contributed by atoms with Crippen molar-refractivity contribution in [2.24, 2.45) is 5.92 Å². The predicted molar refractivity (Wildman–Crippen MR) is 185 cm³/mol. The van der Waals surface area contributed by atoms with Gasteiger partial charge in [-0.3, -0.25) is 0 Å². The average molecular weight is 788 g/mol. The van der Waals surface area contributed by atoms with Crippen LogP contribution in [0.25, 0.3) is 44.6 Å². The zero-order valence-corrected chi connectivity index (χ0v) is 30.3. The standard InChI is InChI=1S/C21H28NSi.C18H13N2O.Ir/c1-23(2,3)21-16-22-20(18-12-8-5-9-13-18)15-19(21)14-17-10-6-4-7-11-17;1-11-8-9-19-16(10-11)15-5-3-4-13-14-7-6-12(2)20-18(14)21-17(13)15;/h5,8-9,12,15-17H,4,6-7,10-11,14H2,1-3H3;3-4,6-10H,1-2H3;/q2*-1;. The smallest absolute Gasteiger partial charge is 0.216 e. The molecule has 0 N–H and O–H groups in total. The van der Waals surface area contributed by atoms with Crippen molar-refractivity contribution in [3.63, 3.8) is 0 Å². The molecule has 0 unspecified atom stereocenters. The number of fused-ring (bicyclic) bond motifs is 3. The van der Waals surface area contributed by atoms with Gasteiger partial charge in [-0.25, -0.2) is 4.98 Å². The number of pyridine rings is 3. The first kappa shape index (κ1) is 32.9. The molecule has 0 bridgehead atoms. The first-order valence-electron chi connectivity index (χ1n) is 15.9. The van der Waals surface area contributed by atoms with E-state index in [4.69, 9.17) is 9.40 Å². The van der Waals surface area contributed by atoms with Gasteiger partial charge in [-0.15, -0.1) is 54.1 Å². The zero-order valence-electron chi connectivity index (χ0n) is 26.9. The topological polar surface area (TPSA) is 51.8 Å². The van der Waals surface area contributed by atoms with E-state index in [0.717, 1.165) is 56.0 Å². The summed E-state index contributed by atoms with van der Waals surface area (Å²) in [5.41, 5.74) is 9.07. The van der Waals surface area contributed by atoms with Gasteiger partial charge in [0, 0.05) is 43.6 Å². The number of rotatable bonds is 5. The van der Waals surface area contributed by atoms with Gasteiger partial charge in [0.05, 0.1) is 13.7 Å². The molecule has 0 atom stereocenters. The van der Waals surface area contributed by atoms with Crippen molar-refractivity contribution in [1.82, 2.24) is 15.0 Å². The van der Waals surface area contributed by atoms with E-state index in [1.165, 1.54) is 38.5 Å². The molecular formula is C39H41IrN3OSi-2. The van der Waals surface area contributed by atoms with Gasteiger partial charge in [-0.2, -0.15) is 0 Å². The molecule has 4 aromatic heterocycles. The average Bonchev–Trinajstić information content (AvgIpc) is 3.39. The van der Waals surface area contributed by atoms with Crippen LogP contribution in [0.15, 0.2) is 83.5 Å². The van der Waals surface area contributed by atoms with Gasteiger partial charge in [0.15, 0.2) is 0 Å². The Morgan fingerprint density at radius 1 is 0.844 bits per heavy atom. The molecule has 1 radical (unpaired) electrons. The van der Waals surface area contributed by atoms with Crippen molar-refractivity contribution in [3.8, 4) is 22.5 Å². The Kier molecular flexibility index (Phi) is 10.5. The molecule has 0 amide bonds. The minimum absolute atomic E-state index is 0. The summed E-state index contributed by atoms with van der Waals surface area (Å²) in [7, 11) is -1.36. The van der Waals surface area contributed by atoms with Crippen LogP contribution in [-0.4, -0.2) is 23.0 Å². The largest absolute Gasteiger partial charge is 0.486 e. The quantitative estimate of drug-likeness (QED) is 0.129. The molecule has 233 valence electrons. The van der Waals surface area contributed by atoms with E-state index in [9.17, 15) is 0 Å². The maximum absolute atomic E-state index is 5.98. The Hall–Kier alpha value is -3.44. The molecule has 1 fully saturated rings. The molecule has 45 heavy (non-hydrogen) atoms. The monoisotopic (exact) mass is 788 g/mol. The predicted octanol–water partition coefficient (Wildman–Crippen LogP) is 9.67. The second kappa shape index (κ2) is 14.3. The summed E-state index contributed by atoms with van der Waals surface area (Å²) >= 11 is 0. The third-order valence-corrected chi connectivity index (χ3v) is 10.7. The zero-order chi connectivity index (χ0) is 30.7. The van der Waals surface area contributed by atoms with Gasteiger partial charge in [0.25, 0.3) is 0 Å². The molecule has 4 heterocycles. The Morgan fingerprint density at radius 2 is 1.67 bits per heavy atom. The Labute approximate surface area is 282 Å². The molecule has 1 aliphatic carbocycles. The fraction of sp³-hybridized carbons (Fsp3) is 0.308. The molecule has 0 aliphatic heterocycles. The van der Waals surface area contributed by atoms with Crippen molar-refractivity contribution < 1.29 is 24.5 Å². The van der Waals surface area contributed by atoms with E-state index >= 15 is 0 Å². The number of nitrogens with zero attached hydrogens (tertiary/aromatic N) is 3. The first-order valence-corrected chi connectivity index (χ1v) is 19.4. The van der Waals surface area contributed by atoms with Crippen LogP contribution in [0.4, 0.5) is 0 Å². The summed E-state index contributed by atoms with van der Waals surface area (Å²) in [5, 5.41) is 3.62. The maximum atomic E-state index is 5.98. The van der Waals surface area contributed by atoms with E-state index in [0.29, 0.717) is 5.71 Å². The maximum Gasteiger partial charge on any atom is 0.216 e. The van der Waals surface area contributed by atoms with E-state index < -0.39 is 8.07 Å². The van der Waals surface area contributed by atoms with Gasteiger partial charge in [-0.1, -0.05) is 86.0 Å². The van der Waals surface area contributed by atoms with Crippen molar-refractivity contribution in [3.05, 3.63) is 108 Å². The minimum Gasteiger partial charge on any atom is -0.486 e. The molecule has 0 spiro atoms. The van der Waals surface area contributed by atoms with Crippen molar-refractivity contribution in [1.29, 1.82) is 0 Å². The van der Waals surface area contributed by atoms with Crippen LogP contribution >= 0.6 is 0 Å². The minimum atomic E-state index is -1.36. The molecule has 0 saturated heterocycles. The van der Waals surface area contributed by atoms with E-state index in [-0.39, 0.29) is 20.1 Å². The van der Waals surface area contributed by atoms with Crippen molar-refractivity contribution >= 4 is 35.3 Å². The van der Waals surface area contributed by atoms with Gasteiger partial charge < -0.3 is 14.4 Å². The van der Waals surface area contributed by atoms with Crippen LogP contribution < -0.4 is 5.19 Å². The normalized spacial score (nSPS) is 13.7. The molecular weight excluding hydrogens is 747 g/mol. The van der Waals surface area contributed by atoms with Crippen LogP contribution in [0.5, 0.6) is 0 Å². The third-order valence-electron chi connectivity index (χ3n) is 8.63. The molecule has 1 aliphatic rings. The van der Waals surface area contributed by atoms with Crippen LogP contribution in [0.2, 0.25) is 19.6 Å². The van der Waals surface area contributed by atoms with Gasteiger partial charge in [0.1, 0.15) is 0 Å². The number of hydrogen-bond donors (Lipinski definition) is 0. The van der Waals surface area contributed by atoms with Crippen LogP contribution in [-0.2, 0) is 26.5 Å². The summed E-state index contributed by atoms with van der Waals surface area (Å²) in [4.78, 5) is 13.7. The first-order chi connectivity index (χ1) is 21.3. The van der Waals surface area contributed by atoms with Gasteiger partial charge in [0.2, 0.25) is 5.71 Å². The third kappa shape index (κ3) is 7.69. The SMILES string of the molecule is C[Si](C)(C)c1cnc(-c2[c-]cccc2)cc1CC1CCCCC1.Cc1ccnc(-c2[c-]ccc3c2oc2nc(C)ccc23)c1.[Ir]. The summed E-state index contributed by atoms with van der Waals surface area (Å²) < 4.78 is 5.98. The van der Waals surface area contributed by atoms with Gasteiger partial charge in [-0.05, 0) is 61.0 Å². The molecule has 6 aromatic rings. The Balaban J connectivity index is 0.000000174. The van der Waals surface area contributed by atoms with Crippen molar-refractivity contribution in [2.75, 3.05) is 0 Å². The Morgan fingerprint density at radius 3 is 2.40 bits per heavy atom. The van der Waals surface area contributed by atoms with E-state index in [1.54, 1.807) is 10.8 Å². The van der Waals surface area contributed by atoms with E-state index in [2.05, 4.69) is 79.1 Å². The summed E-state index contributed by atoms with van der Waals surface area (Å²) in [5.74, 6) is 0.869. The van der Waals surface area contributed by atoms with Crippen LogP contribution in [0.3, 0.4) is 0 Å². The van der Waals surface area contributed by atoms with Crippen LogP contribution in [0.1, 0.15) is 48.9 Å². The van der Waals surface area contributed by atoms with E-state index in [1.807, 2.05) is 55.6 Å². The summed E-state index contributed by atoms with van der Waals surface area (Å²) in [6.45, 7) is 11.3. The summed E-state index contributed by atoms with van der Waals surface area (Å²) in [6.07, 6.45) is 12.3. The number of hydrogen-bond acceptors (Lipinski definition) is 4. The number of benzene rings is 2. The Bertz CT molecular complexity index is 1890. The number of aryl methyl sites for hydroxylation is 2. The number of furan rings is 1. The number of aromatic nitrogens is 3. The molecule has 6 heteroatoms. The molecule has 4 nitrogen and oxygen atoms in total. The van der Waals surface area contributed by atoms with Crippen LogP contribution in [0, 0.1) is 31.9 Å². The fourth-order valence-corrected chi connectivity index (χ4v) is 7.91. The molecule has 2 aromatic carbocycles. The second-order valence-corrected chi connectivity index (χ2v) is 18.2.